The zero-order valence-electron chi connectivity index (χ0n) is 11.2. The second-order valence-electron chi connectivity index (χ2n) is 3.62. The fraction of sp³-hybridized carbons (Fsp3) is 0.400. The largest absolute Gasteiger partial charge is 0.394 e. The third kappa shape index (κ3) is 9.94. The molecule has 0 aliphatic carbocycles. The summed E-state index contributed by atoms with van der Waals surface area (Å²) in [5.41, 5.74) is 0. The van der Waals surface area contributed by atoms with E-state index in [0.717, 1.165) is 11.6 Å². The molecule has 0 saturated heterocycles. The van der Waals surface area contributed by atoms with Crippen LogP contribution in [0.2, 0.25) is 0 Å². The van der Waals surface area contributed by atoms with Crippen LogP contribution in [0.1, 0.15) is 11.6 Å². The highest BCUT2D eigenvalue weighted by atomic mass is 32.3. The van der Waals surface area contributed by atoms with Crippen LogP contribution < -0.4 is 0 Å². The molecule has 108 valence electrons. The highest BCUT2D eigenvalue weighted by Crippen LogP contribution is 1.87. The van der Waals surface area contributed by atoms with Crippen LogP contribution in [0.3, 0.4) is 0 Å². The number of imidazole rings is 2. The first kappa shape index (κ1) is 17.3. The standard InChI is InChI=1S/2C5H8N2.H2O4S/c2*1-5-6-3-4-7(5)2;1-5(2,3)4/h2*3-4H,1-2H3;(H2,1,2,3,4). The lowest BCUT2D eigenvalue weighted by Gasteiger charge is -1.87. The van der Waals surface area contributed by atoms with Crippen molar-refractivity contribution >= 4 is 10.4 Å². The predicted molar refractivity (Wildman–Crippen MR) is 70.1 cm³/mol. The van der Waals surface area contributed by atoms with Crippen molar-refractivity contribution in [3.8, 4) is 0 Å². The molecule has 0 unspecified atom stereocenters. The summed E-state index contributed by atoms with van der Waals surface area (Å²) in [5.74, 6) is 2.11. The molecule has 9 heteroatoms. The molecule has 8 nitrogen and oxygen atoms in total. The molecule has 19 heavy (non-hydrogen) atoms. The molecule has 0 radical (unpaired) electrons. The van der Waals surface area contributed by atoms with E-state index in [9.17, 15) is 0 Å². The van der Waals surface area contributed by atoms with Gasteiger partial charge in [0.1, 0.15) is 11.6 Å². The van der Waals surface area contributed by atoms with Gasteiger partial charge < -0.3 is 9.13 Å². The molecule has 0 aliphatic rings. The second kappa shape index (κ2) is 7.67. The minimum atomic E-state index is -4.67. The number of hydrogen-bond acceptors (Lipinski definition) is 4. The number of hydrogen-bond donors (Lipinski definition) is 2. The van der Waals surface area contributed by atoms with Gasteiger partial charge in [0.15, 0.2) is 0 Å². The lowest BCUT2D eigenvalue weighted by molar-refractivity contribution is 0.381. The normalized spacial score (nSPS) is 10.0. The molecule has 0 amide bonds. The van der Waals surface area contributed by atoms with E-state index in [1.54, 1.807) is 12.4 Å². The molecule has 2 aromatic heterocycles. The SMILES string of the molecule is Cc1nccn1C.Cc1nccn1C.O=S(=O)(O)O. The molecule has 0 bridgehead atoms. The lowest BCUT2D eigenvalue weighted by atomic mass is 10.7. The van der Waals surface area contributed by atoms with Crippen LogP contribution in [0.4, 0.5) is 0 Å². The third-order valence-corrected chi connectivity index (χ3v) is 2.12. The van der Waals surface area contributed by atoms with Gasteiger partial charge in [-0.25, -0.2) is 9.97 Å². The van der Waals surface area contributed by atoms with E-state index in [4.69, 9.17) is 17.5 Å². The van der Waals surface area contributed by atoms with Crippen molar-refractivity contribution < 1.29 is 17.5 Å². The second-order valence-corrected chi connectivity index (χ2v) is 4.51. The molecule has 2 N–H and O–H groups in total. The quantitative estimate of drug-likeness (QED) is 0.694. The Kier molecular flexibility index (Phi) is 6.98. The smallest absolute Gasteiger partial charge is 0.338 e. The summed E-state index contributed by atoms with van der Waals surface area (Å²) in [6.07, 6.45) is 7.43. The number of rotatable bonds is 0. The maximum atomic E-state index is 8.74. The maximum absolute atomic E-state index is 8.74. The monoisotopic (exact) mass is 290 g/mol. The maximum Gasteiger partial charge on any atom is 0.394 e. The van der Waals surface area contributed by atoms with E-state index in [1.165, 1.54) is 0 Å². The summed E-state index contributed by atoms with van der Waals surface area (Å²) in [7, 11) is -0.718. The van der Waals surface area contributed by atoms with Gasteiger partial charge in [0.05, 0.1) is 0 Å². The first-order valence-corrected chi connectivity index (χ1v) is 6.58. The highest BCUT2D eigenvalue weighted by Gasteiger charge is 1.85. The highest BCUT2D eigenvalue weighted by molar-refractivity contribution is 7.79. The van der Waals surface area contributed by atoms with Crippen LogP contribution in [0, 0.1) is 13.8 Å². The Morgan fingerprint density at radius 3 is 1.26 bits per heavy atom. The number of aryl methyl sites for hydroxylation is 4. The Morgan fingerprint density at radius 1 is 0.947 bits per heavy atom. The molecular formula is C10H18N4O4S. The minimum Gasteiger partial charge on any atom is -0.338 e. The molecule has 0 atom stereocenters. The van der Waals surface area contributed by atoms with Crippen molar-refractivity contribution in [1.29, 1.82) is 0 Å². The Bertz CT molecular complexity index is 509. The van der Waals surface area contributed by atoms with Crippen LogP contribution in [0.25, 0.3) is 0 Å². The van der Waals surface area contributed by atoms with E-state index >= 15 is 0 Å². The van der Waals surface area contributed by atoms with Gasteiger partial charge in [-0.15, -0.1) is 0 Å². The van der Waals surface area contributed by atoms with Crippen molar-refractivity contribution in [2.75, 3.05) is 0 Å². The van der Waals surface area contributed by atoms with Gasteiger partial charge in [-0.3, -0.25) is 9.11 Å². The van der Waals surface area contributed by atoms with Crippen molar-refractivity contribution in [1.82, 2.24) is 19.1 Å². The molecule has 0 saturated carbocycles. The zero-order valence-corrected chi connectivity index (χ0v) is 12.0. The molecule has 2 heterocycles. The van der Waals surface area contributed by atoms with Gasteiger partial charge in [-0.1, -0.05) is 0 Å². The summed E-state index contributed by atoms with van der Waals surface area (Å²) in [5, 5.41) is 0. The van der Waals surface area contributed by atoms with Gasteiger partial charge >= 0.3 is 10.4 Å². The summed E-state index contributed by atoms with van der Waals surface area (Å²) < 4.78 is 35.5. The predicted octanol–water partition coefficient (Wildman–Crippen LogP) is 0.804. The Morgan fingerprint density at radius 2 is 1.21 bits per heavy atom. The summed E-state index contributed by atoms with van der Waals surface area (Å²) in [4.78, 5) is 7.96. The molecule has 2 rings (SSSR count). The molecular weight excluding hydrogens is 272 g/mol. The summed E-state index contributed by atoms with van der Waals surface area (Å²) in [6, 6.07) is 0. The Balaban J connectivity index is 0.000000261. The van der Waals surface area contributed by atoms with E-state index in [0.29, 0.717) is 0 Å². The van der Waals surface area contributed by atoms with Crippen LogP contribution >= 0.6 is 0 Å². The molecule has 0 aromatic carbocycles. The fourth-order valence-corrected chi connectivity index (χ4v) is 0.880. The van der Waals surface area contributed by atoms with Crippen molar-refractivity contribution in [2.24, 2.45) is 14.1 Å². The van der Waals surface area contributed by atoms with Gasteiger partial charge in [0.2, 0.25) is 0 Å². The Hall–Kier alpha value is -1.71. The van der Waals surface area contributed by atoms with E-state index < -0.39 is 10.4 Å². The van der Waals surface area contributed by atoms with Gasteiger partial charge in [-0.05, 0) is 13.8 Å². The molecule has 0 fully saturated rings. The van der Waals surface area contributed by atoms with Gasteiger partial charge in [0.25, 0.3) is 0 Å². The van der Waals surface area contributed by atoms with E-state index in [-0.39, 0.29) is 0 Å². The number of nitrogens with zero attached hydrogens (tertiary/aromatic N) is 4. The van der Waals surface area contributed by atoms with Crippen LogP contribution in [-0.2, 0) is 24.5 Å². The third-order valence-electron chi connectivity index (χ3n) is 2.12. The van der Waals surface area contributed by atoms with Crippen molar-refractivity contribution in [3.63, 3.8) is 0 Å². The van der Waals surface area contributed by atoms with E-state index in [1.807, 2.05) is 49.5 Å². The first-order valence-electron chi connectivity index (χ1n) is 5.19. The van der Waals surface area contributed by atoms with Crippen LogP contribution in [-0.4, -0.2) is 36.6 Å². The zero-order chi connectivity index (χ0) is 15.1. The van der Waals surface area contributed by atoms with Crippen LogP contribution in [0.15, 0.2) is 24.8 Å². The van der Waals surface area contributed by atoms with Gasteiger partial charge in [0, 0.05) is 38.9 Å². The van der Waals surface area contributed by atoms with Crippen molar-refractivity contribution in [2.45, 2.75) is 13.8 Å². The average molecular weight is 290 g/mol. The van der Waals surface area contributed by atoms with Gasteiger partial charge in [-0.2, -0.15) is 8.42 Å². The molecule has 2 aromatic rings. The molecule has 0 spiro atoms. The lowest BCUT2D eigenvalue weighted by Crippen LogP contribution is -1.89. The van der Waals surface area contributed by atoms with Crippen molar-refractivity contribution in [3.05, 3.63) is 36.4 Å². The van der Waals surface area contributed by atoms with E-state index in [2.05, 4.69) is 9.97 Å². The summed E-state index contributed by atoms with van der Waals surface area (Å²) >= 11 is 0. The average Bonchev–Trinajstić information content (AvgIpc) is 2.77. The van der Waals surface area contributed by atoms with Crippen LogP contribution in [0.5, 0.6) is 0 Å². The molecule has 0 aliphatic heterocycles. The fourth-order valence-electron chi connectivity index (χ4n) is 0.880. The number of aromatic nitrogens is 4. The topological polar surface area (TPSA) is 110 Å². The summed E-state index contributed by atoms with van der Waals surface area (Å²) in [6.45, 7) is 3.94. The Labute approximate surface area is 112 Å². The minimum absolute atomic E-state index is 1.06. The first-order chi connectivity index (χ1) is 8.61.